The van der Waals surface area contributed by atoms with E-state index in [2.05, 4.69) is 32.7 Å². The van der Waals surface area contributed by atoms with E-state index < -0.39 is 0 Å². The number of ether oxygens (including phenoxy) is 1. The van der Waals surface area contributed by atoms with E-state index in [1.165, 1.54) is 0 Å². The van der Waals surface area contributed by atoms with E-state index in [9.17, 15) is 0 Å². The smallest absolute Gasteiger partial charge is 0.213 e. The maximum Gasteiger partial charge on any atom is 0.213 e. The number of methoxy groups -OCH3 is 1. The molecule has 3 heterocycles. The Balaban J connectivity index is 1.64. The summed E-state index contributed by atoms with van der Waals surface area (Å²) in [4.78, 5) is 13.3. The third-order valence-electron chi connectivity index (χ3n) is 5.55. The Morgan fingerprint density at radius 2 is 1.73 bits per heavy atom. The van der Waals surface area contributed by atoms with Crippen molar-refractivity contribution in [2.45, 2.75) is 13.0 Å². The molecule has 2 aromatic carbocycles. The molecular formula is C26H20Cl2N4O. The van der Waals surface area contributed by atoms with Gasteiger partial charge in [0.1, 0.15) is 5.82 Å². The fraction of sp³-hybridized carbons (Fsp3) is 0.115. The van der Waals surface area contributed by atoms with Gasteiger partial charge in [-0.3, -0.25) is 4.98 Å². The summed E-state index contributed by atoms with van der Waals surface area (Å²) in [6, 6.07) is 19.7. The summed E-state index contributed by atoms with van der Waals surface area (Å²) in [6.07, 6.45) is 5.96. The highest BCUT2D eigenvalue weighted by Crippen LogP contribution is 2.29. The number of pyridine rings is 2. The SMILES string of the molecule is COc1cc(Cc2nc3ccc(-c4ccncc4)cc3n2Cc2cc(Cl)ccc2Cl)ccn1. The first-order valence-corrected chi connectivity index (χ1v) is 11.2. The minimum atomic E-state index is 0.549. The van der Waals surface area contributed by atoms with Crippen LogP contribution in [-0.4, -0.2) is 26.6 Å². The van der Waals surface area contributed by atoms with Crippen molar-refractivity contribution in [3.63, 3.8) is 0 Å². The van der Waals surface area contributed by atoms with Crippen LogP contribution < -0.4 is 4.74 Å². The van der Waals surface area contributed by atoms with Crippen LogP contribution in [0.1, 0.15) is 17.0 Å². The highest BCUT2D eigenvalue weighted by molar-refractivity contribution is 6.33. The molecule has 7 heteroatoms. The molecule has 0 saturated carbocycles. The molecule has 0 fully saturated rings. The lowest BCUT2D eigenvalue weighted by Gasteiger charge is -2.12. The van der Waals surface area contributed by atoms with Gasteiger partial charge in [0.2, 0.25) is 5.88 Å². The number of benzene rings is 2. The van der Waals surface area contributed by atoms with Crippen LogP contribution >= 0.6 is 23.2 Å². The lowest BCUT2D eigenvalue weighted by atomic mass is 10.1. The number of nitrogens with zero attached hydrogens (tertiary/aromatic N) is 4. The van der Waals surface area contributed by atoms with Crippen molar-refractivity contribution in [1.29, 1.82) is 0 Å². The molecule has 0 aliphatic heterocycles. The van der Waals surface area contributed by atoms with Gasteiger partial charge in [-0.05, 0) is 70.8 Å². The molecule has 0 atom stereocenters. The molecular weight excluding hydrogens is 455 g/mol. The van der Waals surface area contributed by atoms with Crippen molar-refractivity contribution in [1.82, 2.24) is 19.5 Å². The van der Waals surface area contributed by atoms with Gasteiger partial charge < -0.3 is 9.30 Å². The van der Waals surface area contributed by atoms with E-state index in [1.54, 1.807) is 31.8 Å². The first-order valence-electron chi connectivity index (χ1n) is 10.4. The molecule has 0 unspecified atom stereocenters. The van der Waals surface area contributed by atoms with Crippen molar-refractivity contribution < 1.29 is 4.74 Å². The molecule has 5 nitrogen and oxygen atoms in total. The van der Waals surface area contributed by atoms with E-state index in [-0.39, 0.29) is 0 Å². The molecule has 0 aliphatic rings. The Hall–Kier alpha value is -3.41. The Bertz CT molecular complexity index is 1430. The fourth-order valence-corrected chi connectivity index (χ4v) is 4.27. The summed E-state index contributed by atoms with van der Waals surface area (Å²) in [5.74, 6) is 1.49. The number of rotatable bonds is 6. The average Bonchev–Trinajstić information content (AvgIpc) is 3.18. The van der Waals surface area contributed by atoms with E-state index in [0.717, 1.165) is 39.1 Å². The van der Waals surface area contributed by atoms with E-state index in [1.807, 2.05) is 36.4 Å². The minimum absolute atomic E-state index is 0.549. The summed E-state index contributed by atoms with van der Waals surface area (Å²) < 4.78 is 7.49. The molecule has 0 saturated heterocycles. The highest BCUT2D eigenvalue weighted by atomic mass is 35.5. The summed E-state index contributed by atoms with van der Waals surface area (Å²) in [5, 5.41) is 1.32. The van der Waals surface area contributed by atoms with Gasteiger partial charge in [-0.1, -0.05) is 29.3 Å². The van der Waals surface area contributed by atoms with Gasteiger partial charge in [-0.15, -0.1) is 0 Å². The number of fused-ring (bicyclic) bond motifs is 1. The second-order valence-electron chi connectivity index (χ2n) is 7.67. The molecule has 0 aliphatic carbocycles. The molecule has 0 bridgehead atoms. The second kappa shape index (κ2) is 9.22. The number of aromatic nitrogens is 4. The zero-order chi connectivity index (χ0) is 22.8. The van der Waals surface area contributed by atoms with Gasteiger partial charge in [-0.25, -0.2) is 9.97 Å². The van der Waals surface area contributed by atoms with Gasteiger partial charge >= 0.3 is 0 Å². The van der Waals surface area contributed by atoms with Crippen LogP contribution in [0.2, 0.25) is 10.0 Å². The number of imidazole rings is 1. The fourth-order valence-electron chi connectivity index (χ4n) is 3.90. The molecule has 5 aromatic rings. The molecule has 164 valence electrons. The summed E-state index contributed by atoms with van der Waals surface area (Å²) in [7, 11) is 1.61. The third-order valence-corrected chi connectivity index (χ3v) is 6.15. The topological polar surface area (TPSA) is 52.8 Å². The van der Waals surface area contributed by atoms with Gasteiger partial charge in [0, 0.05) is 41.1 Å². The van der Waals surface area contributed by atoms with Gasteiger partial charge in [0.25, 0.3) is 0 Å². The molecule has 0 radical (unpaired) electrons. The monoisotopic (exact) mass is 474 g/mol. The Labute approximate surface area is 201 Å². The summed E-state index contributed by atoms with van der Waals surface area (Å²) in [6.45, 7) is 0.549. The maximum absolute atomic E-state index is 6.52. The van der Waals surface area contributed by atoms with Crippen LogP contribution in [0.5, 0.6) is 5.88 Å². The zero-order valence-electron chi connectivity index (χ0n) is 17.9. The highest BCUT2D eigenvalue weighted by Gasteiger charge is 2.15. The predicted molar refractivity (Wildman–Crippen MR) is 132 cm³/mol. The van der Waals surface area contributed by atoms with Gasteiger partial charge in [-0.2, -0.15) is 0 Å². The van der Waals surface area contributed by atoms with Crippen LogP contribution in [0.3, 0.4) is 0 Å². The zero-order valence-corrected chi connectivity index (χ0v) is 19.4. The number of hydrogen-bond donors (Lipinski definition) is 0. The summed E-state index contributed by atoms with van der Waals surface area (Å²) >= 11 is 12.8. The Kier molecular flexibility index (Phi) is 5.99. The lowest BCUT2D eigenvalue weighted by Crippen LogP contribution is -2.07. The predicted octanol–water partition coefficient (Wildman–Crippen LogP) is 6.45. The minimum Gasteiger partial charge on any atom is -0.481 e. The standard InChI is InChI=1S/C26H20Cl2N4O/c1-33-26-13-17(6-11-30-26)12-25-31-23-5-2-19(18-7-9-29-10-8-18)15-24(23)32(25)16-20-14-21(27)3-4-22(20)28/h2-11,13-15H,12,16H2,1H3. The maximum atomic E-state index is 6.52. The van der Waals surface area contributed by atoms with Crippen molar-refractivity contribution in [3.8, 4) is 17.0 Å². The van der Waals surface area contributed by atoms with Crippen LogP contribution in [0.15, 0.2) is 79.3 Å². The van der Waals surface area contributed by atoms with Gasteiger partial charge in [0.05, 0.1) is 24.7 Å². The molecule has 3 aromatic heterocycles. The normalized spacial score (nSPS) is 11.1. The Morgan fingerprint density at radius 3 is 2.55 bits per heavy atom. The molecule has 0 N–H and O–H groups in total. The molecule has 5 rings (SSSR count). The first-order chi connectivity index (χ1) is 16.1. The number of hydrogen-bond acceptors (Lipinski definition) is 4. The summed E-state index contributed by atoms with van der Waals surface area (Å²) in [5.41, 5.74) is 6.14. The second-order valence-corrected chi connectivity index (χ2v) is 8.52. The van der Waals surface area contributed by atoms with Crippen molar-refractivity contribution in [3.05, 3.63) is 106 Å². The third kappa shape index (κ3) is 4.56. The quantitative estimate of drug-likeness (QED) is 0.283. The number of halogens is 2. The van der Waals surface area contributed by atoms with E-state index in [0.29, 0.717) is 28.9 Å². The van der Waals surface area contributed by atoms with E-state index in [4.69, 9.17) is 32.9 Å². The van der Waals surface area contributed by atoms with Crippen LogP contribution in [0.25, 0.3) is 22.2 Å². The average molecular weight is 475 g/mol. The largest absolute Gasteiger partial charge is 0.481 e. The van der Waals surface area contributed by atoms with Crippen molar-refractivity contribution in [2.75, 3.05) is 7.11 Å². The van der Waals surface area contributed by atoms with Crippen LogP contribution in [0, 0.1) is 0 Å². The first kappa shape index (κ1) is 21.4. The molecule has 33 heavy (non-hydrogen) atoms. The van der Waals surface area contributed by atoms with Crippen LogP contribution in [-0.2, 0) is 13.0 Å². The lowest BCUT2D eigenvalue weighted by molar-refractivity contribution is 0.397. The van der Waals surface area contributed by atoms with Crippen molar-refractivity contribution in [2.24, 2.45) is 0 Å². The molecule has 0 amide bonds. The van der Waals surface area contributed by atoms with E-state index >= 15 is 0 Å². The van der Waals surface area contributed by atoms with Crippen molar-refractivity contribution >= 4 is 34.2 Å². The van der Waals surface area contributed by atoms with Gasteiger partial charge in [0.15, 0.2) is 0 Å². The van der Waals surface area contributed by atoms with Crippen LogP contribution in [0.4, 0.5) is 0 Å². The Morgan fingerprint density at radius 1 is 0.879 bits per heavy atom. The molecule has 0 spiro atoms.